The van der Waals surface area contributed by atoms with Crippen molar-refractivity contribution in [1.29, 1.82) is 0 Å². The van der Waals surface area contributed by atoms with Crippen LogP contribution in [0.2, 0.25) is 0 Å². The van der Waals surface area contributed by atoms with Crippen molar-refractivity contribution in [2.45, 2.75) is 38.3 Å². The normalized spacial score (nSPS) is 13.2. The Kier molecular flexibility index (Phi) is 7.65. The van der Waals surface area contributed by atoms with Crippen LogP contribution in [-0.4, -0.2) is 45.4 Å². The lowest BCUT2D eigenvalue weighted by Crippen LogP contribution is -2.35. The van der Waals surface area contributed by atoms with Gasteiger partial charge in [-0.25, -0.2) is 9.78 Å². The second kappa shape index (κ2) is 9.24. The number of nitrogens with one attached hydrogen (secondary N) is 1. The molecule has 7 nitrogen and oxygen atoms in total. The number of hydrogen-bond acceptors (Lipinski definition) is 7. The van der Waals surface area contributed by atoms with Crippen LogP contribution in [0.15, 0.2) is 17.4 Å². The largest absolute Gasteiger partial charge is 0.480 e. The summed E-state index contributed by atoms with van der Waals surface area (Å²) in [7, 11) is 0. The van der Waals surface area contributed by atoms with Crippen molar-refractivity contribution >= 4 is 29.5 Å². The molecular weight excluding hydrogens is 306 g/mol. The van der Waals surface area contributed by atoms with Crippen LogP contribution >= 0.6 is 11.8 Å². The number of nitrogens with zero attached hydrogens (tertiary/aromatic N) is 2. The molecule has 0 unspecified atom stereocenters. The Morgan fingerprint density at radius 1 is 1.41 bits per heavy atom. The predicted molar refractivity (Wildman–Crippen MR) is 83.9 cm³/mol. The minimum Gasteiger partial charge on any atom is -0.480 e. The minimum atomic E-state index is -0.930. The van der Waals surface area contributed by atoms with Crippen LogP contribution < -0.4 is 5.32 Å². The summed E-state index contributed by atoms with van der Waals surface area (Å²) in [5.74, 6) is -0.784. The maximum atomic E-state index is 11.3. The number of thioether (sulfide) groups is 1. The molecule has 22 heavy (non-hydrogen) atoms. The molecule has 0 aromatic carbocycles. The molecule has 0 fully saturated rings. The van der Waals surface area contributed by atoms with Gasteiger partial charge in [-0.15, -0.1) is 0 Å². The molecule has 0 aliphatic heterocycles. The first-order chi connectivity index (χ1) is 10.5. The van der Waals surface area contributed by atoms with Crippen molar-refractivity contribution in [2.24, 2.45) is 5.92 Å². The van der Waals surface area contributed by atoms with E-state index in [1.54, 1.807) is 6.92 Å². The Bertz CT molecular complexity index is 513. The highest BCUT2D eigenvalue weighted by molar-refractivity contribution is 7.99. The van der Waals surface area contributed by atoms with Crippen molar-refractivity contribution < 1.29 is 19.4 Å². The molecule has 0 bridgehead atoms. The van der Waals surface area contributed by atoms with Crippen molar-refractivity contribution in [3.05, 3.63) is 12.4 Å². The highest BCUT2D eigenvalue weighted by atomic mass is 32.2. The Balaban J connectivity index is 2.70. The molecule has 1 rings (SSSR count). The maximum Gasteiger partial charge on any atom is 0.326 e. The number of rotatable bonds is 9. The fraction of sp³-hybridized carbons (Fsp3) is 0.571. The molecule has 0 radical (unpaired) electrons. The van der Waals surface area contributed by atoms with Gasteiger partial charge in [0.25, 0.3) is 0 Å². The molecule has 0 aliphatic rings. The van der Waals surface area contributed by atoms with E-state index in [0.717, 1.165) is 6.42 Å². The van der Waals surface area contributed by atoms with E-state index in [4.69, 9.17) is 4.74 Å². The number of anilines is 1. The summed E-state index contributed by atoms with van der Waals surface area (Å²) in [6, 6.07) is -0.732. The Morgan fingerprint density at radius 2 is 2.14 bits per heavy atom. The zero-order valence-electron chi connectivity index (χ0n) is 12.9. The fourth-order valence-electron chi connectivity index (χ4n) is 1.67. The van der Waals surface area contributed by atoms with Crippen LogP contribution in [0.4, 0.5) is 5.82 Å². The molecule has 0 amide bonds. The molecular formula is C14H21N3O4S. The van der Waals surface area contributed by atoms with Gasteiger partial charge in [0.15, 0.2) is 0 Å². The highest BCUT2D eigenvalue weighted by Crippen LogP contribution is 2.18. The van der Waals surface area contributed by atoms with Crippen molar-refractivity contribution in [3.8, 4) is 0 Å². The number of carboxylic acid groups (broad SMARTS) is 1. The van der Waals surface area contributed by atoms with Gasteiger partial charge in [0, 0.05) is 0 Å². The van der Waals surface area contributed by atoms with Crippen LogP contribution in [0.5, 0.6) is 0 Å². The van der Waals surface area contributed by atoms with E-state index >= 15 is 0 Å². The average molecular weight is 327 g/mol. The lowest BCUT2D eigenvalue weighted by molar-refractivity contribution is -0.140. The van der Waals surface area contributed by atoms with Gasteiger partial charge in [0.05, 0.1) is 24.8 Å². The SMILES string of the molecule is CCOC(=O)CSc1cncc(N[C@H](C(=O)O)[C@@H](C)CC)n1. The first-order valence-corrected chi connectivity index (χ1v) is 8.06. The van der Waals surface area contributed by atoms with Crippen LogP contribution in [0.3, 0.4) is 0 Å². The number of hydrogen-bond donors (Lipinski definition) is 2. The predicted octanol–water partition coefficient (Wildman–Crippen LogP) is 2.04. The summed E-state index contributed by atoms with van der Waals surface area (Å²) in [5, 5.41) is 12.7. The third-order valence-electron chi connectivity index (χ3n) is 3.04. The average Bonchev–Trinajstić information content (AvgIpc) is 2.50. The molecule has 0 aliphatic carbocycles. The minimum absolute atomic E-state index is 0.0462. The second-order valence-corrected chi connectivity index (χ2v) is 5.68. The van der Waals surface area contributed by atoms with Crippen molar-refractivity contribution in [1.82, 2.24) is 9.97 Å². The Labute approximate surface area is 133 Å². The highest BCUT2D eigenvalue weighted by Gasteiger charge is 2.23. The number of ether oxygens (including phenoxy) is 1. The topological polar surface area (TPSA) is 101 Å². The molecule has 1 heterocycles. The molecule has 122 valence electrons. The summed E-state index contributed by atoms with van der Waals surface area (Å²) in [6.07, 6.45) is 3.72. The smallest absolute Gasteiger partial charge is 0.326 e. The van der Waals surface area contributed by atoms with Crippen molar-refractivity contribution in [2.75, 3.05) is 17.7 Å². The van der Waals surface area contributed by atoms with Crippen molar-refractivity contribution in [3.63, 3.8) is 0 Å². The van der Waals surface area contributed by atoms with Gasteiger partial charge < -0.3 is 15.2 Å². The lowest BCUT2D eigenvalue weighted by atomic mass is 9.99. The number of carbonyl (C=O) groups is 2. The number of aliphatic carboxylic acids is 1. The summed E-state index contributed by atoms with van der Waals surface area (Å²) in [4.78, 5) is 30.9. The number of aromatic nitrogens is 2. The maximum absolute atomic E-state index is 11.3. The monoisotopic (exact) mass is 327 g/mol. The van der Waals surface area contributed by atoms with Gasteiger partial charge in [-0.05, 0) is 12.8 Å². The van der Waals surface area contributed by atoms with Gasteiger partial charge in [-0.3, -0.25) is 9.78 Å². The van der Waals surface area contributed by atoms with Gasteiger partial charge in [-0.2, -0.15) is 0 Å². The van der Waals surface area contributed by atoms with E-state index in [-0.39, 0.29) is 17.6 Å². The van der Waals surface area contributed by atoms with E-state index in [1.807, 2.05) is 13.8 Å². The number of carbonyl (C=O) groups excluding carboxylic acids is 1. The molecule has 0 saturated carbocycles. The summed E-state index contributed by atoms with van der Waals surface area (Å²) < 4.78 is 4.83. The molecule has 2 atom stereocenters. The first kappa shape index (κ1) is 18.2. The second-order valence-electron chi connectivity index (χ2n) is 4.68. The van der Waals surface area contributed by atoms with Gasteiger partial charge in [0.2, 0.25) is 0 Å². The molecule has 8 heteroatoms. The molecule has 1 aromatic heterocycles. The van der Waals surface area contributed by atoms with Crippen LogP contribution in [0, 0.1) is 5.92 Å². The standard InChI is InChI=1S/C14H21N3O4S/c1-4-9(3)13(14(19)20)17-10-6-15-7-11(16-10)22-8-12(18)21-5-2/h6-7,9,13H,4-5,8H2,1-3H3,(H,16,17)(H,19,20)/t9-,13-/m0/s1. The molecule has 1 aromatic rings. The Hall–Kier alpha value is -1.83. The molecule has 0 saturated heterocycles. The van der Waals surface area contributed by atoms with Gasteiger partial charge in [0.1, 0.15) is 16.9 Å². The summed E-state index contributed by atoms with van der Waals surface area (Å²) in [6.45, 7) is 5.87. The van der Waals surface area contributed by atoms with E-state index in [2.05, 4.69) is 15.3 Å². The van der Waals surface area contributed by atoms with E-state index in [1.165, 1.54) is 24.2 Å². The van der Waals surface area contributed by atoms with Crippen LogP contribution in [-0.2, 0) is 14.3 Å². The lowest BCUT2D eigenvalue weighted by Gasteiger charge is -2.20. The van der Waals surface area contributed by atoms with Crippen LogP contribution in [0.1, 0.15) is 27.2 Å². The summed E-state index contributed by atoms with van der Waals surface area (Å²) in [5.41, 5.74) is 0. The summed E-state index contributed by atoms with van der Waals surface area (Å²) >= 11 is 1.20. The van der Waals surface area contributed by atoms with Crippen LogP contribution in [0.25, 0.3) is 0 Å². The van der Waals surface area contributed by atoms with E-state index < -0.39 is 12.0 Å². The number of esters is 1. The Morgan fingerprint density at radius 3 is 2.73 bits per heavy atom. The van der Waals surface area contributed by atoms with E-state index in [0.29, 0.717) is 17.5 Å². The zero-order chi connectivity index (χ0) is 16.5. The zero-order valence-corrected chi connectivity index (χ0v) is 13.7. The van der Waals surface area contributed by atoms with E-state index in [9.17, 15) is 14.7 Å². The quantitative estimate of drug-likeness (QED) is 0.525. The third-order valence-corrected chi connectivity index (χ3v) is 3.91. The first-order valence-electron chi connectivity index (χ1n) is 7.07. The molecule has 0 spiro atoms. The fourth-order valence-corrected chi connectivity index (χ4v) is 2.31. The molecule has 2 N–H and O–H groups in total. The van der Waals surface area contributed by atoms with Gasteiger partial charge >= 0.3 is 11.9 Å². The number of carboxylic acids is 1. The van der Waals surface area contributed by atoms with Gasteiger partial charge in [-0.1, -0.05) is 32.0 Å². The third kappa shape index (κ3) is 5.88.